The molecule has 0 fully saturated rings. The molecule has 0 radical (unpaired) electrons. The summed E-state index contributed by atoms with van der Waals surface area (Å²) in [4.78, 5) is 13.9. The van der Waals surface area contributed by atoms with Crippen molar-refractivity contribution in [2.45, 2.75) is 39.5 Å². The summed E-state index contributed by atoms with van der Waals surface area (Å²) in [5, 5.41) is 2.87. The van der Waals surface area contributed by atoms with Gasteiger partial charge in [-0.25, -0.2) is 4.79 Å². The SMILES string of the molecule is CCCCCCN(C(=O)NCC)c1ccccc1. The van der Waals surface area contributed by atoms with Crippen LogP contribution in [0.5, 0.6) is 0 Å². The molecule has 0 spiro atoms. The number of unbranched alkanes of at least 4 members (excludes halogenated alkanes) is 3. The lowest BCUT2D eigenvalue weighted by atomic mass is 10.2. The summed E-state index contributed by atoms with van der Waals surface area (Å²) in [6.45, 7) is 5.59. The first-order valence-corrected chi connectivity index (χ1v) is 6.90. The lowest BCUT2D eigenvalue weighted by molar-refractivity contribution is 0.246. The lowest BCUT2D eigenvalue weighted by Crippen LogP contribution is -2.40. The number of amides is 2. The summed E-state index contributed by atoms with van der Waals surface area (Å²) in [6.07, 6.45) is 4.68. The number of anilines is 1. The Labute approximate surface area is 110 Å². The Morgan fingerprint density at radius 2 is 1.83 bits per heavy atom. The van der Waals surface area contributed by atoms with Gasteiger partial charge in [0, 0.05) is 18.8 Å². The minimum Gasteiger partial charge on any atom is -0.338 e. The van der Waals surface area contributed by atoms with E-state index in [9.17, 15) is 4.79 Å². The van der Waals surface area contributed by atoms with Crippen LogP contribution in [0.3, 0.4) is 0 Å². The molecule has 1 aromatic carbocycles. The third kappa shape index (κ3) is 4.78. The number of nitrogens with one attached hydrogen (secondary N) is 1. The first-order valence-electron chi connectivity index (χ1n) is 6.90. The summed E-state index contributed by atoms with van der Waals surface area (Å²) >= 11 is 0. The highest BCUT2D eigenvalue weighted by molar-refractivity contribution is 5.91. The molecule has 3 nitrogen and oxygen atoms in total. The monoisotopic (exact) mass is 248 g/mol. The molecule has 1 aromatic rings. The summed E-state index contributed by atoms with van der Waals surface area (Å²) in [7, 11) is 0. The molecule has 0 atom stereocenters. The van der Waals surface area contributed by atoms with Crippen LogP contribution in [0.1, 0.15) is 39.5 Å². The van der Waals surface area contributed by atoms with Crippen LogP contribution in [-0.2, 0) is 0 Å². The highest BCUT2D eigenvalue weighted by Gasteiger charge is 2.13. The summed E-state index contributed by atoms with van der Waals surface area (Å²) in [5.74, 6) is 0. The van der Waals surface area contributed by atoms with E-state index in [1.165, 1.54) is 19.3 Å². The minimum absolute atomic E-state index is 0.000184. The normalized spacial score (nSPS) is 10.1. The molecular weight excluding hydrogens is 224 g/mol. The molecule has 0 bridgehead atoms. The Bertz CT molecular complexity index is 338. The van der Waals surface area contributed by atoms with Crippen molar-refractivity contribution in [1.82, 2.24) is 5.32 Å². The fraction of sp³-hybridized carbons (Fsp3) is 0.533. The second kappa shape index (κ2) is 8.56. The topological polar surface area (TPSA) is 32.3 Å². The van der Waals surface area contributed by atoms with E-state index in [0.717, 1.165) is 18.7 Å². The van der Waals surface area contributed by atoms with E-state index in [2.05, 4.69) is 12.2 Å². The zero-order chi connectivity index (χ0) is 13.2. The van der Waals surface area contributed by atoms with Crippen molar-refractivity contribution in [3.8, 4) is 0 Å². The Balaban J connectivity index is 2.61. The first-order chi connectivity index (χ1) is 8.79. The highest BCUT2D eigenvalue weighted by Crippen LogP contribution is 2.14. The van der Waals surface area contributed by atoms with E-state index < -0.39 is 0 Å². The van der Waals surface area contributed by atoms with Crippen molar-refractivity contribution in [2.75, 3.05) is 18.0 Å². The van der Waals surface area contributed by atoms with Crippen molar-refractivity contribution < 1.29 is 4.79 Å². The molecule has 1 N–H and O–H groups in total. The molecule has 2 amide bonds. The standard InChI is InChI=1S/C15H24N2O/c1-3-5-6-10-13-17(15(18)16-4-2)14-11-8-7-9-12-14/h7-9,11-12H,3-6,10,13H2,1-2H3,(H,16,18). The molecule has 0 aliphatic carbocycles. The van der Waals surface area contributed by atoms with Crippen LogP contribution in [0, 0.1) is 0 Å². The van der Waals surface area contributed by atoms with Crippen molar-refractivity contribution in [2.24, 2.45) is 0 Å². The molecule has 0 unspecified atom stereocenters. The molecule has 0 aliphatic heterocycles. The van der Waals surface area contributed by atoms with Crippen LogP contribution in [0.15, 0.2) is 30.3 Å². The lowest BCUT2D eigenvalue weighted by Gasteiger charge is -2.23. The van der Waals surface area contributed by atoms with Gasteiger partial charge in [0.1, 0.15) is 0 Å². The van der Waals surface area contributed by atoms with Gasteiger partial charge in [-0.2, -0.15) is 0 Å². The molecule has 0 saturated carbocycles. The summed E-state index contributed by atoms with van der Waals surface area (Å²) in [6, 6.07) is 9.86. The van der Waals surface area contributed by atoms with E-state index in [1.807, 2.05) is 42.2 Å². The zero-order valence-electron chi connectivity index (χ0n) is 11.5. The van der Waals surface area contributed by atoms with Crippen LogP contribution in [0.25, 0.3) is 0 Å². The van der Waals surface area contributed by atoms with Gasteiger partial charge in [-0.05, 0) is 25.5 Å². The van der Waals surface area contributed by atoms with Crippen molar-refractivity contribution >= 4 is 11.7 Å². The van der Waals surface area contributed by atoms with Crippen LogP contribution in [-0.4, -0.2) is 19.1 Å². The van der Waals surface area contributed by atoms with Gasteiger partial charge in [0.15, 0.2) is 0 Å². The third-order valence-corrected chi connectivity index (χ3v) is 2.88. The Morgan fingerprint density at radius 3 is 2.44 bits per heavy atom. The van der Waals surface area contributed by atoms with Gasteiger partial charge in [-0.3, -0.25) is 4.90 Å². The van der Waals surface area contributed by atoms with Crippen molar-refractivity contribution in [3.63, 3.8) is 0 Å². The Morgan fingerprint density at radius 1 is 1.11 bits per heavy atom. The van der Waals surface area contributed by atoms with Gasteiger partial charge < -0.3 is 5.32 Å². The van der Waals surface area contributed by atoms with Gasteiger partial charge in [-0.1, -0.05) is 44.4 Å². The second-order valence-corrected chi connectivity index (χ2v) is 4.38. The van der Waals surface area contributed by atoms with Crippen LogP contribution in [0.4, 0.5) is 10.5 Å². The largest absolute Gasteiger partial charge is 0.338 e. The molecule has 1 rings (SSSR count). The van der Waals surface area contributed by atoms with Crippen LogP contribution >= 0.6 is 0 Å². The number of hydrogen-bond donors (Lipinski definition) is 1. The van der Waals surface area contributed by atoms with Crippen molar-refractivity contribution in [1.29, 1.82) is 0 Å². The fourth-order valence-corrected chi connectivity index (χ4v) is 1.90. The number of benzene rings is 1. The molecule has 3 heteroatoms. The van der Waals surface area contributed by atoms with E-state index in [1.54, 1.807) is 0 Å². The number of hydrogen-bond acceptors (Lipinski definition) is 1. The van der Waals surface area contributed by atoms with Gasteiger partial charge >= 0.3 is 6.03 Å². The first kappa shape index (κ1) is 14.6. The smallest absolute Gasteiger partial charge is 0.321 e. The fourth-order valence-electron chi connectivity index (χ4n) is 1.90. The maximum absolute atomic E-state index is 12.0. The molecular formula is C15H24N2O. The number of urea groups is 1. The number of carbonyl (C=O) groups excluding carboxylic acids is 1. The van der Waals surface area contributed by atoms with Gasteiger partial charge in [0.2, 0.25) is 0 Å². The van der Waals surface area contributed by atoms with E-state index >= 15 is 0 Å². The predicted octanol–water partition coefficient (Wildman–Crippen LogP) is 3.80. The maximum Gasteiger partial charge on any atom is 0.321 e. The van der Waals surface area contributed by atoms with Gasteiger partial charge in [0.25, 0.3) is 0 Å². The molecule has 18 heavy (non-hydrogen) atoms. The quantitative estimate of drug-likeness (QED) is 0.731. The second-order valence-electron chi connectivity index (χ2n) is 4.38. The van der Waals surface area contributed by atoms with Crippen LogP contribution < -0.4 is 10.2 Å². The Kier molecular flexibility index (Phi) is 6.92. The van der Waals surface area contributed by atoms with E-state index in [-0.39, 0.29) is 6.03 Å². The molecule has 100 valence electrons. The van der Waals surface area contributed by atoms with Gasteiger partial charge in [-0.15, -0.1) is 0 Å². The minimum atomic E-state index is 0.000184. The molecule has 0 aliphatic rings. The number of rotatable bonds is 7. The average molecular weight is 248 g/mol. The third-order valence-electron chi connectivity index (χ3n) is 2.88. The summed E-state index contributed by atoms with van der Waals surface area (Å²) < 4.78 is 0. The zero-order valence-corrected chi connectivity index (χ0v) is 11.5. The van der Waals surface area contributed by atoms with E-state index in [4.69, 9.17) is 0 Å². The van der Waals surface area contributed by atoms with Gasteiger partial charge in [0.05, 0.1) is 0 Å². The number of para-hydroxylation sites is 1. The van der Waals surface area contributed by atoms with E-state index in [0.29, 0.717) is 6.54 Å². The molecule has 0 aromatic heterocycles. The van der Waals surface area contributed by atoms with Crippen LogP contribution in [0.2, 0.25) is 0 Å². The molecule has 0 saturated heterocycles. The summed E-state index contributed by atoms with van der Waals surface area (Å²) in [5.41, 5.74) is 0.972. The Hall–Kier alpha value is -1.51. The predicted molar refractivity (Wildman–Crippen MR) is 77.0 cm³/mol. The average Bonchev–Trinajstić information content (AvgIpc) is 2.40. The highest BCUT2D eigenvalue weighted by atomic mass is 16.2. The molecule has 0 heterocycles. The number of carbonyl (C=O) groups is 1. The maximum atomic E-state index is 12.0. The number of nitrogens with zero attached hydrogens (tertiary/aromatic N) is 1. The van der Waals surface area contributed by atoms with Crippen molar-refractivity contribution in [3.05, 3.63) is 30.3 Å².